The molecule has 0 spiro atoms. The fourth-order valence-corrected chi connectivity index (χ4v) is 2.37. The molecule has 0 aliphatic rings. The van der Waals surface area contributed by atoms with Crippen LogP contribution < -0.4 is 15.8 Å². The minimum atomic E-state index is -0.607. The molecule has 10 heteroatoms. The van der Waals surface area contributed by atoms with Crippen molar-refractivity contribution in [1.29, 1.82) is 0 Å². The third-order valence-electron chi connectivity index (χ3n) is 3.65. The van der Waals surface area contributed by atoms with E-state index in [-0.39, 0.29) is 36.8 Å². The molecule has 3 aromatic rings. The predicted molar refractivity (Wildman–Crippen MR) is 105 cm³/mol. The number of halogens is 2. The quantitative estimate of drug-likeness (QED) is 0.562. The first-order chi connectivity index (χ1) is 13.9. The van der Waals surface area contributed by atoms with Crippen LogP contribution in [0.4, 0.5) is 22.0 Å². The van der Waals surface area contributed by atoms with Crippen molar-refractivity contribution in [2.24, 2.45) is 0 Å². The van der Waals surface area contributed by atoms with E-state index in [0.29, 0.717) is 16.5 Å². The van der Waals surface area contributed by atoms with Gasteiger partial charge in [0.25, 0.3) is 0 Å². The van der Waals surface area contributed by atoms with Gasteiger partial charge >= 0.3 is 5.97 Å². The molecule has 0 bridgehead atoms. The second kappa shape index (κ2) is 9.16. The molecule has 0 radical (unpaired) electrons. The third kappa shape index (κ3) is 6.01. The first-order valence-corrected chi connectivity index (χ1v) is 8.84. The van der Waals surface area contributed by atoms with E-state index in [4.69, 9.17) is 26.8 Å². The molecule has 1 aromatic heterocycles. The topological polar surface area (TPSA) is 112 Å². The molecule has 0 aliphatic carbocycles. The molecule has 8 nitrogen and oxygen atoms in total. The molecule has 0 unspecified atom stereocenters. The highest BCUT2D eigenvalue weighted by Crippen LogP contribution is 2.21. The van der Waals surface area contributed by atoms with Gasteiger partial charge in [-0.25, -0.2) is 9.18 Å². The zero-order valence-corrected chi connectivity index (χ0v) is 16.1. The highest BCUT2D eigenvalue weighted by Gasteiger charge is 2.10. The molecule has 2 aromatic carbocycles. The summed E-state index contributed by atoms with van der Waals surface area (Å²) in [6.45, 7) is 1.32. The maximum Gasteiger partial charge on any atom is 0.344 e. The summed E-state index contributed by atoms with van der Waals surface area (Å²) in [5.74, 6) is -0.234. The lowest BCUT2D eigenvalue weighted by atomic mass is 10.2. The molecule has 29 heavy (non-hydrogen) atoms. The van der Waals surface area contributed by atoms with Crippen LogP contribution in [0.1, 0.15) is 11.4 Å². The van der Waals surface area contributed by atoms with Gasteiger partial charge < -0.3 is 20.5 Å². The molecule has 0 amide bonds. The molecule has 3 N–H and O–H groups in total. The Kier molecular flexibility index (Phi) is 6.40. The summed E-state index contributed by atoms with van der Waals surface area (Å²) in [4.78, 5) is 23.9. The van der Waals surface area contributed by atoms with E-state index in [2.05, 4.69) is 20.3 Å². The summed E-state index contributed by atoms with van der Waals surface area (Å²) >= 11 is 5.95. The number of anilines is 3. The van der Waals surface area contributed by atoms with Crippen molar-refractivity contribution >= 4 is 35.2 Å². The maximum atomic E-state index is 13.0. The number of esters is 1. The molecular weight excluding hydrogens is 401 g/mol. The van der Waals surface area contributed by atoms with Gasteiger partial charge in [0, 0.05) is 10.7 Å². The molecule has 0 saturated carbocycles. The number of ether oxygens (including phenoxy) is 2. The minimum Gasteiger partial charge on any atom is -0.482 e. The Morgan fingerprint density at radius 3 is 2.66 bits per heavy atom. The van der Waals surface area contributed by atoms with E-state index in [9.17, 15) is 9.18 Å². The summed E-state index contributed by atoms with van der Waals surface area (Å²) in [6, 6.07) is 10.7. The van der Waals surface area contributed by atoms with Crippen molar-refractivity contribution in [2.45, 2.75) is 13.5 Å². The molecule has 0 fully saturated rings. The SMILES string of the molecule is Cc1cc(OCC(=O)OCc2nc(N)nc(Nc3ccc(F)cc3)n2)ccc1Cl. The second-order valence-corrected chi connectivity index (χ2v) is 6.33. The number of nitrogens with zero attached hydrogens (tertiary/aromatic N) is 3. The number of benzene rings is 2. The van der Waals surface area contributed by atoms with Crippen LogP contribution in [-0.4, -0.2) is 27.5 Å². The molecule has 0 atom stereocenters. The van der Waals surface area contributed by atoms with Gasteiger partial charge in [0.05, 0.1) is 0 Å². The molecule has 1 heterocycles. The largest absolute Gasteiger partial charge is 0.482 e. The first kappa shape index (κ1) is 20.3. The van der Waals surface area contributed by atoms with Crippen LogP contribution in [0.15, 0.2) is 42.5 Å². The van der Waals surface area contributed by atoms with Gasteiger partial charge in [-0.15, -0.1) is 0 Å². The Hall–Kier alpha value is -3.46. The summed E-state index contributed by atoms with van der Waals surface area (Å²) in [6.07, 6.45) is 0. The fourth-order valence-electron chi connectivity index (χ4n) is 2.26. The monoisotopic (exact) mass is 417 g/mol. The highest BCUT2D eigenvalue weighted by molar-refractivity contribution is 6.31. The Morgan fingerprint density at radius 2 is 1.93 bits per heavy atom. The first-order valence-electron chi connectivity index (χ1n) is 8.46. The number of rotatable bonds is 7. The Labute approximate surface area is 170 Å². The number of carbonyl (C=O) groups excluding carboxylic acids is 1. The number of hydrogen-bond acceptors (Lipinski definition) is 8. The van der Waals surface area contributed by atoms with Gasteiger partial charge in [-0.2, -0.15) is 15.0 Å². The van der Waals surface area contributed by atoms with Crippen molar-refractivity contribution < 1.29 is 18.7 Å². The number of aryl methyl sites for hydroxylation is 1. The smallest absolute Gasteiger partial charge is 0.344 e. The third-order valence-corrected chi connectivity index (χ3v) is 4.07. The molecule has 3 rings (SSSR count). The molecular formula is C19H17ClFN5O3. The standard InChI is InChI=1S/C19H17ClFN5O3/c1-11-8-14(6-7-15(11)20)28-10-17(27)29-9-16-24-18(22)26-19(25-16)23-13-4-2-12(21)3-5-13/h2-8H,9-10H2,1H3,(H3,22,23,24,25,26). The van der Waals surface area contributed by atoms with Crippen molar-refractivity contribution in [3.8, 4) is 5.75 Å². The van der Waals surface area contributed by atoms with E-state index in [1.807, 2.05) is 6.92 Å². The summed E-state index contributed by atoms with van der Waals surface area (Å²) in [5.41, 5.74) is 7.06. The fraction of sp³-hybridized carbons (Fsp3) is 0.158. The van der Waals surface area contributed by atoms with E-state index in [1.54, 1.807) is 18.2 Å². The van der Waals surface area contributed by atoms with Crippen LogP contribution in [0.2, 0.25) is 5.02 Å². The van der Waals surface area contributed by atoms with Crippen LogP contribution in [0.25, 0.3) is 0 Å². The number of aromatic nitrogens is 3. The summed E-state index contributed by atoms with van der Waals surface area (Å²) < 4.78 is 23.5. The highest BCUT2D eigenvalue weighted by atomic mass is 35.5. The second-order valence-electron chi connectivity index (χ2n) is 5.93. The van der Waals surface area contributed by atoms with Gasteiger partial charge in [-0.1, -0.05) is 11.6 Å². The predicted octanol–water partition coefficient (Wildman–Crippen LogP) is 3.42. The van der Waals surface area contributed by atoms with Crippen LogP contribution in [0.3, 0.4) is 0 Å². The van der Waals surface area contributed by atoms with Crippen LogP contribution in [-0.2, 0) is 16.1 Å². The Morgan fingerprint density at radius 1 is 1.17 bits per heavy atom. The Bertz CT molecular complexity index is 1020. The van der Waals surface area contributed by atoms with Crippen LogP contribution in [0, 0.1) is 12.7 Å². The van der Waals surface area contributed by atoms with Gasteiger partial charge in [-0.3, -0.25) is 0 Å². The van der Waals surface area contributed by atoms with Gasteiger partial charge in [0.15, 0.2) is 19.0 Å². The van der Waals surface area contributed by atoms with Crippen molar-refractivity contribution in [2.75, 3.05) is 17.7 Å². The molecule has 150 valence electrons. The van der Waals surface area contributed by atoms with Crippen molar-refractivity contribution in [3.05, 3.63) is 64.7 Å². The average Bonchev–Trinajstić information content (AvgIpc) is 2.69. The van der Waals surface area contributed by atoms with E-state index in [1.165, 1.54) is 24.3 Å². The zero-order valence-electron chi connectivity index (χ0n) is 15.4. The lowest BCUT2D eigenvalue weighted by molar-refractivity contribution is -0.147. The summed E-state index contributed by atoms with van der Waals surface area (Å²) in [5, 5.41) is 3.48. The van der Waals surface area contributed by atoms with E-state index in [0.717, 1.165) is 5.56 Å². The lowest BCUT2D eigenvalue weighted by Crippen LogP contribution is -2.16. The summed E-state index contributed by atoms with van der Waals surface area (Å²) in [7, 11) is 0. The maximum absolute atomic E-state index is 13.0. The minimum absolute atomic E-state index is 0.0523. The van der Waals surface area contributed by atoms with Crippen LogP contribution in [0.5, 0.6) is 5.75 Å². The molecule has 0 aliphatic heterocycles. The molecule has 0 saturated heterocycles. The van der Waals surface area contributed by atoms with Crippen molar-refractivity contribution in [1.82, 2.24) is 15.0 Å². The van der Waals surface area contributed by atoms with Crippen LogP contribution >= 0.6 is 11.6 Å². The van der Waals surface area contributed by atoms with E-state index >= 15 is 0 Å². The number of carbonyl (C=O) groups is 1. The number of hydrogen-bond donors (Lipinski definition) is 2. The normalized spacial score (nSPS) is 10.4. The van der Waals surface area contributed by atoms with Gasteiger partial charge in [0.2, 0.25) is 11.9 Å². The Balaban J connectivity index is 1.55. The number of nitrogens with one attached hydrogen (secondary N) is 1. The average molecular weight is 418 g/mol. The van der Waals surface area contributed by atoms with Crippen molar-refractivity contribution in [3.63, 3.8) is 0 Å². The number of nitrogens with two attached hydrogens (primary N) is 1. The van der Waals surface area contributed by atoms with E-state index < -0.39 is 5.97 Å². The number of nitrogen functional groups attached to an aromatic ring is 1. The van der Waals surface area contributed by atoms with Gasteiger partial charge in [0.1, 0.15) is 11.6 Å². The van der Waals surface area contributed by atoms with Gasteiger partial charge in [-0.05, 0) is 55.0 Å². The lowest BCUT2D eigenvalue weighted by Gasteiger charge is -2.09. The zero-order chi connectivity index (χ0) is 20.8.